The van der Waals surface area contributed by atoms with E-state index in [1.54, 1.807) is 16.8 Å². The quantitative estimate of drug-likeness (QED) is 0.517. The van der Waals surface area contributed by atoms with Crippen molar-refractivity contribution >= 4 is 45.0 Å². The number of benzene rings is 1. The van der Waals surface area contributed by atoms with E-state index in [4.69, 9.17) is 11.6 Å². The minimum absolute atomic E-state index is 0.0375. The second-order valence-electron chi connectivity index (χ2n) is 6.83. The van der Waals surface area contributed by atoms with Gasteiger partial charge < -0.3 is 5.32 Å². The zero-order chi connectivity index (χ0) is 22.8. The lowest BCUT2D eigenvalue weighted by atomic mass is 10.3. The Hall–Kier alpha value is -2.47. The fraction of sp³-hybridized carbons (Fsp3) is 0.263. The maximum absolute atomic E-state index is 12.4. The molecule has 12 heteroatoms. The molecule has 0 fully saturated rings. The van der Waals surface area contributed by atoms with Gasteiger partial charge in [-0.25, -0.2) is 17.4 Å². The van der Waals surface area contributed by atoms with Gasteiger partial charge in [0.25, 0.3) is 0 Å². The summed E-state index contributed by atoms with van der Waals surface area (Å²) >= 11 is 7.31. The van der Waals surface area contributed by atoms with Gasteiger partial charge in [-0.05, 0) is 50.2 Å². The minimum atomic E-state index is -3.64. The van der Waals surface area contributed by atoms with Crippen molar-refractivity contribution in [2.75, 3.05) is 25.2 Å². The maximum Gasteiger partial charge on any atom is 0.242 e. The number of hydrogen-bond donors (Lipinski definition) is 1. The lowest BCUT2D eigenvalue weighted by molar-refractivity contribution is -0.113. The Bertz CT molecular complexity index is 1210. The molecular formula is C19H21ClN6O3S2. The topological polar surface area (TPSA) is 110 Å². The molecule has 0 bridgehead atoms. The summed E-state index contributed by atoms with van der Waals surface area (Å²) in [6.45, 7) is 3.83. The zero-order valence-corrected chi connectivity index (χ0v) is 19.7. The first-order chi connectivity index (χ1) is 14.6. The highest BCUT2D eigenvalue weighted by atomic mass is 35.5. The molecule has 0 unspecified atom stereocenters. The summed E-state index contributed by atoms with van der Waals surface area (Å²) in [5, 5.41) is 16.1. The van der Waals surface area contributed by atoms with Crippen molar-refractivity contribution in [2.24, 2.45) is 0 Å². The van der Waals surface area contributed by atoms with Gasteiger partial charge in [0, 0.05) is 19.8 Å². The maximum atomic E-state index is 12.4. The lowest BCUT2D eigenvalue weighted by Gasteiger charge is -2.13. The molecular weight excluding hydrogens is 460 g/mol. The Balaban J connectivity index is 1.65. The summed E-state index contributed by atoms with van der Waals surface area (Å²) < 4.78 is 27.4. The van der Waals surface area contributed by atoms with E-state index in [1.807, 2.05) is 19.9 Å². The molecule has 3 rings (SSSR count). The van der Waals surface area contributed by atoms with Crippen LogP contribution in [0.4, 0.5) is 5.69 Å². The van der Waals surface area contributed by atoms with Crippen molar-refractivity contribution in [1.82, 2.24) is 24.3 Å². The number of nitrogens with zero attached hydrogens (tertiary/aromatic N) is 5. The number of carbonyl (C=O) groups excluding carboxylic acids is 1. The van der Waals surface area contributed by atoms with Gasteiger partial charge in [0.2, 0.25) is 15.9 Å². The fourth-order valence-corrected chi connectivity index (χ4v) is 4.37. The second-order valence-corrected chi connectivity index (χ2v) is 10.4. The molecule has 0 atom stereocenters. The number of anilines is 1. The molecule has 0 spiro atoms. The molecule has 0 radical (unpaired) electrons. The van der Waals surface area contributed by atoms with Crippen LogP contribution in [0.25, 0.3) is 5.82 Å². The van der Waals surface area contributed by atoms with Crippen molar-refractivity contribution in [3.63, 3.8) is 0 Å². The highest BCUT2D eigenvalue weighted by molar-refractivity contribution is 7.99. The summed E-state index contributed by atoms with van der Waals surface area (Å²) in [4.78, 5) is 12.4. The first-order valence-electron chi connectivity index (χ1n) is 9.10. The molecule has 9 nitrogen and oxygen atoms in total. The first kappa shape index (κ1) is 23.2. The molecule has 0 saturated heterocycles. The number of rotatable bonds is 7. The van der Waals surface area contributed by atoms with Gasteiger partial charge in [0.15, 0.2) is 5.82 Å². The average Bonchev–Trinajstić information content (AvgIpc) is 3.06. The molecule has 0 saturated carbocycles. The summed E-state index contributed by atoms with van der Waals surface area (Å²) in [5.74, 6) is 0.287. The van der Waals surface area contributed by atoms with Crippen LogP contribution in [-0.4, -0.2) is 58.5 Å². The van der Waals surface area contributed by atoms with Crippen LogP contribution in [0, 0.1) is 13.8 Å². The monoisotopic (exact) mass is 480 g/mol. The van der Waals surface area contributed by atoms with E-state index in [1.165, 1.54) is 44.1 Å². The minimum Gasteiger partial charge on any atom is -0.324 e. The molecule has 31 heavy (non-hydrogen) atoms. The largest absolute Gasteiger partial charge is 0.324 e. The molecule has 0 aliphatic heterocycles. The Morgan fingerprint density at radius 3 is 2.48 bits per heavy atom. The van der Waals surface area contributed by atoms with E-state index in [0.29, 0.717) is 10.8 Å². The number of aryl methyl sites for hydroxylation is 2. The van der Waals surface area contributed by atoms with Crippen molar-refractivity contribution in [3.05, 3.63) is 52.8 Å². The van der Waals surface area contributed by atoms with Crippen LogP contribution >= 0.6 is 23.4 Å². The predicted octanol–water partition coefficient (Wildman–Crippen LogP) is 2.91. The second kappa shape index (κ2) is 9.35. The molecule has 3 aromatic rings. The number of amides is 1. The van der Waals surface area contributed by atoms with Gasteiger partial charge in [-0.3, -0.25) is 4.79 Å². The van der Waals surface area contributed by atoms with Crippen molar-refractivity contribution in [2.45, 2.75) is 23.8 Å². The van der Waals surface area contributed by atoms with E-state index in [9.17, 15) is 13.2 Å². The Labute approximate surface area is 189 Å². The third-order valence-electron chi connectivity index (χ3n) is 4.19. The zero-order valence-electron chi connectivity index (χ0n) is 17.3. The van der Waals surface area contributed by atoms with Crippen LogP contribution < -0.4 is 5.32 Å². The molecule has 2 heterocycles. The van der Waals surface area contributed by atoms with E-state index in [2.05, 4.69) is 20.6 Å². The molecule has 0 aliphatic rings. The molecule has 1 aromatic carbocycles. The van der Waals surface area contributed by atoms with Gasteiger partial charge in [-0.2, -0.15) is 5.10 Å². The van der Waals surface area contributed by atoms with E-state index in [0.717, 1.165) is 15.7 Å². The molecule has 1 amide bonds. The summed E-state index contributed by atoms with van der Waals surface area (Å²) in [6.07, 6.45) is 0. The lowest BCUT2D eigenvalue weighted by Crippen LogP contribution is -2.22. The van der Waals surface area contributed by atoms with Gasteiger partial charge in [-0.1, -0.05) is 23.4 Å². The van der Waals surface area contributed by atoms with Gasteiger partial charge in [0.05, 0.1) is 27.1 Å². The number of carbonyl (C=O) groups is 1. The highest BCUT2D eigenvalue weighted by Gasteiger charge is 2.19. The summed E-state index contributed by atoms with van der Waals surface area (Å²) in [5.41, 5.74) is 2.05. The third kappa shape index (κ3) is 5.42. The number of halogens is 1. The molecule has 164 valence electrons. The number of thioether (sulfide) groups is 1. The Kier molecular flexibility index (Phi) is 6.99. The molecule has 0 aliphatic carbocycles. The van der Waals surface area contributed by atoms with Crippen LogP contribution in [0.2, 0.25) is 5.02 Å². The van der Waals surface area contributed by atoms with E-state index in [-0.39, 0.29) is 27.3 Å². The normalized spacial score (nSPS) is 11.7. The number of hydrogen-bond acceptors (Lipinski definition) is 7. The van der Waals surface area contributed by atoms with Crippen molar-refractivity contribution in [3.8, 4) is 5.82 Å². The van der Waals surface area contributed by atoms with Crippen LogP contribution in [0.3, 0.4) is 0 Å². The van der Waals surface area contributed by atoms with Crippen molar-refractivity contribution in [1.29, 1.82) is 0 Å². The predicted molar refractivity (Wildman–Crippen MR) is 120 cm³/mol. The number of aromatic nitrogens is 4. The molecule has 2 aromatic heterocycles. The number of sulfonamides is 1. The third-order valence-corrected chi connectivity index (χ3v) is 7.25. The van der Waals surface area contributed by atoms with Crippen LogP contribution in [0.5, 0.6) is 0 Å². The fourth-order valence-electron chi connectivity index (χ4n) is 2.66. The number of nitrogens with one attached hydrogen (secondary N) is 1. The van der Waals surface area contributed by atoms with E-state index < -0.39 is 10.0 Å². The summed E-state index contributed by atoms with van der Waals surface area (Å²) in [6, 6.07) is 9.64. The summed E-state index contributed by atoms with van der Waals surface area (Å²) in [7, 11) is -0.782. The van der Waals surface area contributed by atoms with Crippen LogP contribution in [-0.2, 0) is 14.8 Å². The molecule has 1 N–H and O–H groups in total. The van der Waals surface area contributed by atoms with Gasteiger partial charge in [0.1, 0.15) is 5.03 Å². The standard InChI is InChI=1S/C19H21ClN6O3S2/c1-12-9-13(2)26(24-12)17-7-8-19(23-22-17)30-11-18(27)21-16-10-14(5-6-15(16)20)31(28,29)25(3)4/h5-10H,11H2,1-4H3,(H,21,27). The van der Waals surface area contributed by atoms with E-state index >= 15 is 0 Å². The smallest absolute Gasteiger partial charge is 0.242 e. The highest BCUT2D eigenvalue weighted by Crippen LogP contribution is 2.27. The van der Waals surface area contributed by atoms with Crippen LogP contribution in [0.15, 0.2) is 46.3 Å². The van der Waals surface area contributed by atoms with Crippen molar-refractivity contribution < 1.29 is 13.2 Å². The van der Waals surface area contributed by atoms with Gasteiger partial charge in [-0.15, -0.1) is 10.2 Å². The Morgan fingerprint density at radius 1 is 1.16 bits per heavy atom. The Morgan fingerprint density at radius 2 is 1.90 bits per heavy atom. The first-order valence-corrected chi connectivity index (χ1v) is 11.9. The van der Waals surface area contributed by atoms with Crippen LogP contribution in [0.1, 0.15) is 11.4 Å². The van der Waals surface area contributed by atoms with Gasteiger partial charge >= 0.3 is 0 Å². The average molecular weight is 481 g/mol. The SMILES string of the molecule is Cc1cc(C)n(-c2ccc(SCC(=O)Nc3cc(S(=O)(=O)N(C)C)ccc3Cl)nn2)n1.